The molecular weight excluding hydrogens is 580 g/mol. The number of rotatable bonds is 10. The largest absolute Gasteiger partial charge is 0.378 e. The van der Waals surface area contributed by atoms with Gasteiger partial charge in [-0.1, -0.05) is 48.0 Å². The third kappa shape index (κ3) is 8.73. The third-order valence-corrected chi connectivity index (χ3v) is 8.09. The molecule has 4 aromatic rings. The first kappa shape index (κ1) is 31.4. The fourth-order valence-electron chi connectivity index (χ4n) is 4.03. The van der Waals surface area contributed by atoms with E-state index >= 15 is 0 Å². The van der Waals surface area contributed by atoms with E-state index in [1.165, 1.54) is 11.8 Å². The molecule has 0 saturated carbocycles. The number of nitrogens with one attached hydrogen (secondary N) is 3. The van der Waals surface area contributed by atoms with Gasteiger partial charge in [0.15, 0.2) is 0 Å². The van der Waals surface area contributed by atoms with Gasteiger partial charge in [0.1, 0.15) is 5.70 Å². The van der Waals surface area contributed by atoms with Gasteiger partial charge in [-0.2, -0.15) is 0 Å². The normalized spacial score (nSPS) is 11.8. The Morgan fingerprint density at radius 3 is 2.16 bits per heavy atom. The lowest BCUT2D eigenvalue weighted by atomic mass is 10.1. The first-order valence-corrected chi connectivity index (χ1v) is 14.9. The minimum atomic E-state index is -0.467. The molecule has 0 bridgehead atoms. The Bertz CT molecular complexity index is 1620. The lowest BCUT2D eigenvalue weighted by Crippen LogP contribution is -2.30. The van der Waals surface area contributed by atoms with Crippen molar-refractivity contribution < 1.29 is 14.4 Å². The third-order valence-electron chi connectivity index (χ3n) is 6.57. The van der Waals surface area contributed by atoms with Gasteiger partial charge in [-0.15, -0.1) is 11.8 Å². The van der Waals surface area contributed by atoms with E-state index in [2.05, 4.69) is 16.0 Å². The van der Waals surface area contributed by atoms with Crippen LogP contribution in [0.2, 0.25) is 5.02 Å². The van der Waals surface area contributed by atoms with E-state index in [9.17, 15) is 14.4 Å². The van der Waals surface area contributed by atoms with Crippen LogP contribution >= 0.6 is 23.4 Å². The van der Waals surface area contributed by atoms with Gasteiger partial charge >= 0.3 is 0 Å². The van der Waals surface area contributed by atoms with Crippen molar-refractivity contribution in [1.82, 2.24) is 5.32 Å². The van der Waals surface area contributed by atoms with Crippen LogP contribution in [0.25, 0.3) is 6.08 Å². The highest BCUT2D eigenvalue weighted by Gasteiger charge is 2.18. The standard InChI is InChI=1S/C34H33ClN4O3S/c1-22-29(35)11-8-12-30(22)37-32(40)23(2)43-28-19-15-26(16-20-28)36-34(42)31(38-33(41)25-9-6-5-7-10-25)21-24-13-17-27(18-14-24)39(3)4/h5-21,23H,1-4H3,(H,36,42)(H,37,40)(H,38,41)/b31-21-. The number of amides is 3. The number of halogens is 1. The molecule has 3 amide bonds. The van der Waals surface area contributed by atoms with Gasteiger partial charge in [0.25, 0.3) is 11.8 Å². The minimum absolute atomic E-state index is 0.103. The molecule has 3 N–H and O–H groups in total. The average Bonchev–Trinajstić information content (AvgIpc) is 3.00. The number of carbonyl (C=O) groups excluding carboxylic acids is 3. The fourth-order valence-corrected chi connectivity index (χ4v) is 5.07. The SMILES string of the molecule is Cc1c(Cl)cccc1NC(=O)C(C)Sc1ccc(NC(=O)/C(=C/c2ccc(N(C)C)cc2)NC(=O)c2ccccc2)cc1. The second kappa shape index (κ2) is 14.6. The van der Waals surface area contributed by atoms with Crippen molar-refractivity contribution in [2.75, 3.05) is 29.6 Å². The van der Waals surface area contributed by atoms with E-state index in [4.69, 9.17) is 11.6 Å². The monoisotopic (exact) mass is 612 g/mol. The zero-order valence-corrected chi connectivity index (χ0v) is 25.9. The molecule has 1 unspecified atom stereocenters. The molecule has 4 aromatic carbocycles. The smallest absolute Gasteiger partial charge is 0.272 e. The molecular formula is C34H33ClN4O3S. The van der Waals surface area contributed by atoms with E-state index in [1.54, 1.807) is 54.6 Å². The number of carbonyl (C=O) groups is 3. The summed E-state index contributed by atoms with van der Waals surface area (Å²) in [6, 6.07) is 28.9. The van der Waals surface area contributed by atoms with Gasteiger partial charge in [-0.25, -0.2) is 0 Å². The molecule has 220 valence electrons. The lowest BCUT2D eigenvalue weighted by molar-refractivity contribution is -0.115. The van der Waals surface area contributed by atoms with Crippen LogP contribution in [0.5, 0.6) is 0 Å². The van der Waals surface area contributed by atoms with Gasteiger partial charge in [0.05, 0.1) is 5.25 Å². The van der Waals surface area contributed by atoms with E-state index in [0.29, 0.717) is 22.0 Å². The molecule has 1 atom stereocenters. The van der Waals surface area contributed by atoms with Crippen LogP contribution in [0.3, 0.4) is 0 Å². The molecule has 4 rings (SSSR count). The molecule has 0 fully saturated rings. The summed E-state index contributed by atoms with van der Waals surface area (Å²) in [6.07, 6.45) is 1.64. The maximum absolute atomic E-state index is 13.4. The number of anilines is 3. The summed E-state index contributed by atoms with van der Waals surface area (Å²) in [5.41, 5.74) is 4.36. The highest BCUT2D eigenvalue weighted by molar-refractivity contribution is 8.00. The second-order valence-electron chi connectivity index (χ2n) is 10.0. The van der Waals surface area contributed by atoms with Crippen molar-refractivity contribution >= 4 is 64.2 Å². The second-order valence-corrected chi connectivity index (χ2v) is 11.8. The zero-order valence-electron chi connectivity index (χ0n) is 24.4. The van der Waals surface area contributed by atoms with Gasteiger partial charge < -0.3 is 20.9 Å². The van der Waals surface area contributed by atoms with Crippen molar-refractivity contribution in [2.24, 2.45) is 0 Å². The van der Waals surface area contributed by atoms with Crippen LogP contribution in [0.15, 0.2) is 108 Å². The van der Waals surface area contributed by atoms with Crippen molar-refractivity contribution in [2.45, 2.75) is 24.0 Å². The highest BCUT2D eigenvalue weighted by atomic mass is 35.5. The Hall–Kier alpha value is -4.53. The summed E-state index contributed by atoms with van der Waals surface area (Å²) < 4.78 is 0. The van der Waals surface area contributed by atoms with Gasteiger partial charge in [-0.3, -0.25) is 14.4 Å². The summed E-state index contributed by atoms with van der Waals surface area (Å²) in [5, 5.41) is 8.78. The quantitative estimate of drug-likeness (QED) is 0.130. The summed E-state index contributed by atoms with van der Waals surface area (Å²) in [7, 11) is 3.90. The molecule has 0 radical (unpaired) electrons. The van der Waals surface area contributed by atoms with Crippen molar-refractivity contribution in [1.29, 1.82) is 0 Å². The van der Waals surface area contributed by atoms with Crippen LogP contribution < -0.4 is 20.9 Å². The predicted octanol–water partition coefficient (Wildman–Crippen LogP) is 7.24. The van der Waals surface area contributed by atoms with E-state index < -0.39 is 5.91 Å². The van der Waals surface area contributed by atoms with Crippen LogP contribution in [-0.4, -0.2) is 37.1 Å². The van der Waals surface area contributed by atoms with Crippen LogP contribution in [-0.2, 0) is 9.59 Å². The van der Waals surface area contributed by atoms with Crippen molar-refractivity contribution in [3.63, 3.8) is 0 Å². The molecule has 43 heavy (non-hydrogen) atoms. The molecule has 0 heterocycles. The summed E-state index contributed by atoms with van der Waals surface area (Å²) in [5.74, 6) is -1.000. The number of hydrogen-bond acceptors (Lipinski definition) is 5. The molecule has 9 heteroatoms. The number of hydrogen-bond donors (Lipinski definition) is 3. The molecule has 0 aliphatic heterocycles. The van der Waals surface area contributed by atoms with E-state index in [-0.39, 0.29) is 22.8 Å². The number of nitrogens with zero attached hydrogens (tertiary/aromatic N) is 1. The van der Waals surface area contributed by atoms with Gasteiger partial charge in [0, 0.05) is 46.6 Å². The fraction of sp³-hybridized carbons (Fsp3) is 0.147. The molecule has 0 saturated heterocycles. The Kier molecular flexibility index (Phi) is 10.6. The Balaban J connectivity index is 1.45. The minimum Gasteiger partial charge on any atom is -0.378 e. The maximum Gasteiger partial charge on any atom is 0.272 e. The Morgan fingerprint density at radius 1 is 0.837 bits per heavy atom. The molecule has 0 spiro atoms. The first-order chi connectivity index (χ1) is 20.6. The molecule has 7 nitrogen and oxygen atoms in total. The topological polar surface area (TPSA) is 90.5 Å². The maximum atomic E-state index is 13.4. The highest BCUT2D eigenvalue weighted by Crippen LogP contribution is 2.28. The van der Waals surface area contributed by atoms with Crippen molar-refractivity contribution in [3.05, 3.63) is 124 Å². The van der Waals surface area contributed by atoms with Crippen LogP contribution in [0.4, 0.5) is 17.1 Å². The number of benzene rings is 4. The van der Waals surface area contributed by atoms with Gasteiger partial charge in [0.2, 0.25) is 5.91 Å². The molecule has 0 aromatic heterocycles. The predicted molar refractivity (Wildman–Crippen MR) is 178 cm³/mol. The number of thioether (sulfide) groups is 1. The van der Waals surface area contributed by atoms with E-state index in [0.717, 1.165) is 21.7 Å². The van der Waals surface area contributed by atoms with Gasteiger partial charge in [-0.05, 0) is 91.7 Å². The average molecular weight is 613 g/mol. The first-order valence-electron chi connectivity index (χ1n) is 13.6. The summed E-state index contributed by atoms with van der Waals surface area (Å²) in [4.78, 5) is 41.9. The Labute approximate surface area is 261 Å². The van der Waals surface area contributed by atoms with Crippen LogP contribution in [0.1, 0.15) is 28.4 Å². The molecule has 0 aliphatic rings. The van der Waals surface area contributed by atoms with Crippen molar-refractivity contribution in [3.8, 4) is 0 Å². The van der Waals surface area contributed by atoms with Crippen LogP contribution in [0, 0.1) is 6.92 Å². The molecule has 0 aliphatic carbocycles. The zero-order chi connectivity index (χ0) is 30.9. The van der Waals surface area contributed by atoms with E-state index in [1.807, 2.05) is 81.4 Å². The summed E-state index contributed by atoms with van der Waals surface area (Å²) >= 11 is 7.57. The summed E-state index contributed by atoms with van der Waals surface area (Å²) in [6.45, 7) is 3.68. The Morgan fingerprint density at radius 2 is 1.51 bits per heavy atom. The lowest BCUT2D eigenvalue weighted by Gasteiger charge is -2.15.